The summed E-state index contributed by atoms with van der Waals surface area (Å²) in [7, 11) is -3.65. The van der Waals surface area contributed by atoms with Crippen LogP contribution in [0.25, 0.3) is 0 Å². The molecule has 2 aromatic rings. The van der Waals surface area contributed by atoms with Gasteiger partial charge in [0.05, 0.1) is 16.7 Å². The Labute approximate surface area is 154 Å². The Morgan fingerprint density at radius 1 is 1.20 bits per heavy atom. The zero-order valence-corrected chi connectivity index (χ0v) is 15.9. The molecule has 0 radical (unpaired) electrons. The molecule has 0 bridgehead atoms. The van der Waals surface area contributed by atoms with Gasteiger partial charge in [0.1, 0.15) is 12.4 Å². The Kier molecular flexibility index (Phi) is 5.61. The van der Waals surface area contributed by atoms with Crippen LogP contribution < -0.4 is 0 Å². The fraction of sp³-hybridized carbons (Fsp3) is 0.353. The first-order chi connectivity index (χ1) is 12.0. The summed E-state index contributed by atoms with van der Waals surface area (Å²) in [6.07, 6.45) is 4.22. The molecule has 1 aliphatic rings. The van der Waals surface area contributed by atoms with Gasteiger partial charge in [0, 0.05) is 17.6 Å². The van der Waals surface area contributed by atoms with Gasteiger partial charge in [-0.15, -0.1) is 0 Å². The van der Waals surface area contributed by atoms with E-state index in [-0.39, 0.29) is 17.1 Å². The number of hydrogen-bond acceptors (Lipinski definition) is 5. The Bertz CT molecular complexity index is 842. The Morgan fingerprint density at radius 3 is 2.64 bits per heavy atom. The molecule has 25 heavy (non-hydrogen) atoms. The van der Waals surface area contributed by atoms with Gasteiger partial charge in [-0.25, -0.2) is 13.2 Å². The van der Waals surface area contributed by atoms with Gasteiger partial charge in [0.15, 0.2) is 0 Å². The van der Waals surface area contributed by atoms with Crippen molar-refractivity contribution in [3.8, 4) is 0 Å². The van der Waals surface area contributed by atoms with Crippen LogP contribution in [0.5, 0.6) is 0 Å². The number of esters is 1. The number of piperidine rings is 1. The molecule has 6 nitrogen and oxygen atoms in total. The molecule has 0 atom stereocenters. The van der Waals surface area contributed by atoms with Crippen molar-refractivity contribution in [2.75, 3.05) is 13.1 Å². The van der Waals surface area contributed by atoms with Crippen LogP contribution in [-0.4, -0.2) is 31.8 Å². The summed E-state index contributed by atoms with van der Waals surface area (Å²) in [5.41, 5.74) is 0.186. The predicted molar refractivity (Wildman–Crippen MR) is 94.6 cm³/mol. The number of halogens is 1. The molecule has 0 aliphatic carbocycles. The van der Waals surface area contributed by atoms with Crippen molar-refractivity contribution in [3.63, 3.8) is 0 Å². The lowest BCUT2D eigenvalue weighted by molar-refractivity contribution is 0.0445. The summed E-state index contributed by atoms with van der Waals surface area (Å²) in [6, 6.07) is 7.84. The molecule has 0 N–H and O–H groups in total. The fourth-order valence-electron chi connectivity index (χ4n) is 2.69. The highest BCUT2D eigenvalue weighted by atomic mass is 79.9. The van der Waals surface area contributed by atoms with Gasteiger partial charge < -0.3 is 9.15 Å². The third-order valence-electron chi connectivity index (χ3n) is 4.03. The fourth-order valence-corrected chi connectivity index (χ4v) is 5.15. The summed E-state index contributed by atoms with van der Waals surface area (Å²) < 4.78 is 37.9. The molecule has 0 amide bonds. The molecule has 1 fully saturated rings. The number of nitrogens with zero attached hydrogens (tertiary/aromatic N) is 1. The van der Waals surface area contributed by atoms with Crippen LogP contribution in [0.15, 0.2) is 50.4 Å². The van der Waals surface area contributed by atoms with Crippen molar-refractivity contribution >= 4 is 31.9 Å². The van der Waals surface area contributed by atoms with E-state index in [1.54, 1.807) is 18.2 Å². The largest absolute Gasteiger partial charge is 0.466 e. The summed E-state index contributed by atoms with van der Waals surface area (Å²) >= 11 is 3.28. The number of benzene rings is 1. The first kappa shape index (κ1) is 18.2. The number of hydrogen-bond donors (Lipinski definition) is 0. The molecular weight excluding hydrogens is 410 g/mol. The number of furan rings is 1. The van der Waals surface area contributed by atoms with Crippen LogP contribution in [0.3, 0.4) is 0 Å². The van der Waals surface area contributed by atoms with E-state index in [2.05, 4.69) is 15.9 Å². The third kappa shape index (κ3) is 4.13. The van der Waals surface area contributed by atoms with Gasteiger partial charge in [-0.1, -0.05) is 6.42 Å². The van der Waals surface area contributed by atoms with E-state index < -0.39 is 16.0 Å². The predicted octanol–water partition coefficient (Wildman–Crippen LogP) is 3.57. The van der Waals surface area contributed by atoms with E-state index in [0.717, 1.165) is 19.3 Å². The van der Waals surface area contributed by atoms with Crippen molar-refractivity contribution in [2.24, 2.45) is 0 Å². The topological polar surface area (TPSA) is 76.8 Å². The van der Waals surface area contributed by atoms with Crippen LogP contribution in [0.2, 0.25) is 0 Å². The lowest BCUT2D eigenvalue weighted by Gasteiger charge is -2.26. The van der Waals surface area contributed by atoms with E-state index in [1.165, 1.54) is 22.7 Å². The normalized spacial score (nSPS) is 15.9. The SMILES string of the molecule is O=C(OCc1ccco1)c1ccc(Br)c(S(=O)(=O)N2CCCCC2)c1. The van der Waals surface area contributed by atoms with E-state index in [9.17, 15) is 13.2 Å². The minimum Gasteiger partial charge on any atom is -0.466 e. The average Bonchev–Trinajstić information content (AvgIpc) is 3.14. The zero-order chi connectivity index (χ0) is 17.9. The molecule has 0 unspecified atom stereocenters. The highest BCUT2D eigenvalue weighted by Crippen LogP contribution is 2.28. The standard InChI is InChI=1S/C17H18BrNO5S/c18-15-7-6-13(17(20)24-12-14-5-4-10-23-14)11-16(15)25(21,22)19-8-2-1-3-9-19/h4-7,10-11H,1-3,8-9,12H2. The van der Waals surface area contributed by atoms with Gasteiger partial charge in [-0.2, -0.15) is 4.31 Å². The maximum Gasteiger partial charge on any atom is 0.338 e. The second-order valence-electron chi connectivity index (χ2n) is 5.77. The van der Waals surface area contributed by atoms with Crippen molar-refractivity contribution in [1.82, 2.24) is 4.31 Å². The quantitative estimate of drug-likeness (QED) is 0.681. The molecule has 8 heteroatoms. The van der Waals surface area contributed by atoms with Gasteiger partial charge in [-0.3, -0.25) is 0 Å². The molecule has 2 heterocycles. The average molecular weight is 428 g/mol. The number of rotatable bonds is 5. The Morgan fingerprint density at radius 2 is 1.96 bits per heavy atom. The van der Waals surface area contributed by atoms with Crippen LogP contribution in [0, 0.1) is 0 Å². The van der Waals surface area contributed by atoms with Gasteiger partial charge in [0.25, 0.3) is 0 Å². The van der Waals surface area contributed by atoms with Crippen LogP contribution >= 0.6 is 15.9 Å². The maximum atomic E-state index is 12.9. The second kappa shape index (κ2) is 7.72. The highest BCUT2D eigenvalue weighted by molar-refractivity contribution is 9.10. The Balaban J connectivity index is 1.81. The number of sulfonamides is 1. The molecule has 1 saturated heterocycles. The van der Waals surface area contributed by atoms with E-state index >= 15 is 0 Å². The smallest absolute Gasteiger partial charge is 0.338 e. The van der Waals surface area contributed by atoms with Gasteiger partial charge in [0.2, 0.25) is 10.0 Å². The summed E-state index contributed by atoms with van der Waals surface area (Å²) in [6.45, 7) is 1.000. The lowest BCUT2D eigenvalue weighted by atomic mass is 10.2. The molecule has 1 aliphatic heterocycles. The van der Waals surface area contributed by atoms with Crippen LogP contribution in [0.1, 0.15) is 35.4 Å². The number of ether oxygens (including phenoxy) is 1. The molecule has 3 rings (SSSR count). The lowest BCUT2D eigenvalue weighted by Crippen LogP contribution is -2.35. The first-order valence-electron chi connectivity index (χ1n) is 7.98. The minimum atomic E-state index is -3.65. The van der Waals surface area contributed by atoms with Crippen molar-refractivity contribution in [3.05, 3.63) is 52.4 Å². The highest BCUT2D eigenvalue weighted by Gasteiger charge is 2.28. The molecule has 134 valence electrons. The Hall–Kier alpha value is -1.64. The number of carbonyl (C=O) groups excluding carboxylic acids is 1. The van der Waals surface area contributed by atoms with E-state index in [1.807, 2.05) is 0 Å². The summed E-state index contributed by atoms with van der Waals surface area (Å²) in [5, 5.41) is 0. The molecule has 1 aromatic heterocycles. The molecular formula is C17H18BrNO5S. The summed E-state index contributed by atoms with van der Waals surface area (Å²) in [5.74, 6) is -0.0781. The van der Waals surface area contributed by atoms with E-state index in [4.69, 9.17) is 9.15 Å². The summed E-state index contributed by atoms with van der Waals surface area (Å²) in [4.78, 5) is 12.3. The van der Waals surface area contributed by atoms with Gasteiger partial charge in [-0.05, 0) is 59.1 Å². The minimum absolute atomic E-state index is 0.00386. The van der Waals surface area contributed by atoms with E-state index in [0.29, 0.717) is 23.3 Å². The monoisotopic (exact) mass is 427 g/mol. The maximum absolute atomic E-state index is 12.9. The third-order valence-corrected chi connectivity index (χ3v) is 6.92. The molecule has 1 aromatic carbocycles. The zero-order valence-electron chi connectivity index (χ0n) is 13.5. The first-order valence-corrected chi connectivity index (χ1v) is 10.2. The van der Waals surface area contributed by atoms with Gasteiger partial charge >= 0.3 is 5.97 Å². The van der Waals surface area contributed by atoms with Crippen LogP contribution in [-0.2, 0) is 21.4 Å². The second-order valence-corrected chi connectivity index (χ2v) is 8.53. The van der Waals surface area contributed by atoms with Crippen molar-refractivity contribution in [1.29, 1.82) is 0 Å². The van der Waals surface area contributed by atoms with Crippen molar-refractivity contribution < 1.29 is 22.4 Å². The van der Waals surface area contributed by atoms with Crippen LogP contribution in [0.4, 0.5) is 0 Å². The van der Waals surface area contributed by atoms with Crippen molar-refractivity contribution in [2.45, 2.75) is 30.8 Å². The molecule has 0 spiro atoms. The number of carbonyl (C=O) groups is 1. The molecule has 0 saturated carbocycles.